The summed E-state index contributed by atoms with van der Waals surface area (Å²) in [5.74, 6) is -1.04. The maximum atomic E-state index is 12.1. The molecule has 1 heterocycles. The molecule has 112 valence electrons. The number of carbonyl (C=O) groups is 1. The molecular formula is C13H19NO5S. The lowest BCUT2D eigenvalue weighted by Gasteiger charge is -2.15. The lowest BCUT2D eigenvalue weighted by Crippen LogP contribution is -2.34. The fourth-order valence-electron chi connectivity index (χ4n) is 2.46. The molecule has 0 aliphatic heterocycles. The number of hydrogen-bond donors (Lipinski definition) is 2. The third-order valence-electron chi connectivity index (χ3n) is 3.64. The number of aromatic carboxylic acids is 1. The molecule has 2 unspecified atom stereocenters. The van der Waals surface area contributed by atoms with Gasteiger partial charge >= 0.3 is 5.97 Å². The molecule has 1 saturated carbocycles. The van der Waals surface area contributed by atoms with Crippen LogP contribution >= 0.6 is 0 Å². The maximum Gasteiger partial charge on any atom is 0.371 e. The van der Waals surface area contributed by atoms with Gasteiger partial charge in [-0.3, -0.25) is 0 Å². The van der Waals surface area contributed by atoms with Crippen LogP contribution in [0.25, 0.3) is 0 Å². The Bertz CT molecular complexity index is 577. The molecule has 0 radical (unpaired) electrons. The molecule has 1 aromatic heterocycles. The van der Waals surface area contributed by atoms with Crippen LogP contribution in [-0.4, -0.2) is 25.5 Å². The predicted octanol–water partition coefficient (Wildman–Crippen LogP) is 2.22. The highest BCUT2D eigenvalue weighted by molar-refractivity contribution is 7.89. The zero-order chi connectivity index (χ0) is 14.8. The van der Waals surface area contributed by atoms with Gasteiger partial charge in [-0.05, 0) is 37.3 Å². The van der Waals surface area contributed by atoms with Gasteiger partial charge in [0, 0.05) is 6.04 Å². The normalized spacial score (nSPS) is 24.2. The molecule has 0 aromatic carbocycles. The Morgan fingerprint density at radius 3 is 2.70 bits per heavy atom. The first kappa shape index (κ1) is 15.1. The summed E-state index contributed by atoms with van der Waals surface area (Å²) >= 11 is 0. The average Bonchev–Trinajstić information content (AvgIpc) is 2.78. The van der Waals surface area contributed by atoms with Crippen molar-refractivity contribution in [3.05, 3.63) is 17.9 Å². The second kappa shape index (κ2) is 5.97. The Morgan fingerprint density at radius 2 is 2.05 bits per heavy atom. The van der Waals surface area contributed by atoms with Crippen LogP contribution in [0.3, 0.4) is 0 Å². The van der Waals surface area contributed by atoms with Crippen molar-refractivity contribution in [1.29, 1.82) is 0 Å². The Morgan fingerprint density at radius 1 is 1.30 bits per heavy atom. The van der Waals surface area contributed by atoms with Crippen LogP contribution in [-0.2, 0) is 10.0 Å². The van der Waals surface area contributed by atoms with E-state index in [-0.39, 0.29) is 16.9 Å². The van der Waals surface area contributed by atoms with E-state index in [1.54, 1.807) is 0 Å². The number of rotatable bonds is 4. The highest BCUT2D eigenvalue weighted by Crippen LogP contribution is 2.24. The molecule has 2 atom stereocenters. The molecule has 1 aliphatic rings. The second-order valence-electron chi connectivity index (χ2n) is 5.36. The summed E-state index contributed by atoms with van der Waals surface area (Å²) in [5, 5.41) is 8.40. The van der Waals surface area contributed by atoms with Crippen LogP contribution in [0.15, 0.2) is 21.6 Å². The van der Waals surface area contributed by atoms with E-state index in [9.17, 15) is 13.2 Å². The Labute approximate surface area is 118 Å². The molecular weight excluding hydrogens is 282 g/mol. The SMILES string of the molecule is CC1CCCC(NS(=O)(=O)c2ccc(C(=O)O)o2)CC1. The average molecular weight is 301 g/mol. The van der Waals surface area contributed by atoms with Gasteiger partial charge in [0.15, 0.2) is 0 Å². The first-order valence-corrected chi connectivity index (χ1v) is 8.22. The first-order valence-electron chi connectivity index (χ1n) is 6.74. The van der Waals surface area contributed by atoms with E-state index in [1.807, 2.05) is 0 Å². The summed E-state index contributed by atoms with van der Waals surface area (Å²) < 4.78 is 31.7. The van der Waals surface area contributed by atoms with Crippen LogP contribution in [0.5, 0.6) is 0 Å². The number of sulfonamides is 1. The molecule has 2 N–H and O–H groups in total. The van der Waals surface area contributed by atoms with E-state index in [0.717, 1.165) is 38.2 Å². The smallest absolute Gasteiger partial charge is 0.371 e. The van der Waals surface area contributed by atoms with Gasteiger partial charge in [-0.25, -0.2) is 17.9 Å². The zero-order valence-electron chi connectivity index (χ0n) is 11.3. The molecule has 0 amide bonds. The van der Waals surface area contributed by atoms with Gasteiger partial charge in [-0.15, -0.1) is 0 Å². The van der Waals surface area contributed by atoms with Gasteiger partial charge in [0.25, 0.3) is 10.0 Å². The van der Waals surface area contributed by atoms with Crippen LogP contribution in [0.1, 0.15) is 49.6 Å². The minimum atomic E-state index is -3.79. The molecule has 7 heteroatoms. The lowest BCUT2D eigenvalue weighted by atomic mass is 10.0. The standard InChI is InChI=1S/C13H19NO5S/c1-9-3-2-4-10(6-5-9)14-20(17,18)12-8-7-11(19-12)13(15)16/h7-10,14H,2-6H2,1H3,(H,15,16). The van der Waals surface area contributed by atoms with Crippen LogP contribution in [0.2, 0.25) is 0 Å². The van der Waals surface area contributed by atoms with Gasteiger partial charge in [-0.2, -0.15) is 0 Å². The molecule has 0 spiro atoms. The summed E-state index contributed by atoms with van der Waals surface area (Å²) in [6, 6.07) is 2.21. The van der Waals surface area contributed by atoms with Gasteiger partial charge in [-0.1, -0.05) is 19.8 Å². The largest absolute Gasteiger partial charge is 0.475 e. The van der Waals surface area contributed by atoms with E-state index in [2.05, 4.69) is 11.6 Å². The van der Waals surface area contributed by atoms with Crippen molar-refractivity contribution in [1.82, 2.24) is 4.72 Å². The quantitative estimate of drug-likeness (QED) is 0.831. The fourth-order valence-corrected chi connectivity index (χ4v) is 3.70. The third-order valence-corrected chi connectivity index (χ3v) is 5.03. The molecule has 6 nitrogen and oxygen atoms in total. The van der Waals surface area contributed by atoms with E-state index in [0.29, 0.717) is 5.92 Å². The van der Waals surface area contributed by atoms with Gasteiger partial charge in [0.1, 0.15) is 0 Å². The highest BCUT2D eigenvalue weighted by atomic mass is 32.2. The lowest BCUT2D eigenvalue weighted by molar-refractivity contribution is 0.0656. The van der Waals surface area contributed by atoms with Crippen molar-refractivity contribution >= 4 is 16.0 Å². The molecule has 1 aliphatic carbocycles. The minimum Gasteiger partial charge on any atom is -0.475 e. The van der Waals surface area contributed by atoms with Gasteiger partial charge in [0.2, 0.25) is 10.9 Å². The van der Waals surface area contributed by atoms with E-state index in [1.165, 1.54) is 6.07 Å². The van der Waals surface area contributed by atoms with Crippen molar-refractivity contribution in [3.63, 3.8) is 0 Å². The number of furan rings is 1. The monoisotopic (exact) mass is 301 g/mol. The Hall–Kier alpha value is -1.34. The Kier molecular flexibility index (Phi) is 4.49. The minimum absolute atomic E-state index is 0.108. The molecule has 20 heavy (non-hydrogen) atoms. The Balaban J connectivity index is 2.08. The molecule has 1 fully saturated rings. The highest BCUT2D eigenvalue weighted by Gasteiger charge is 2.26. The summed E-state index contributed by atoms with van der Waals surface area (Å²) in [6.07, 6.45) is 4.70. The van der Waals surface area contributed by atoms with E-state index in [4.69, 9.17) is 9.52 Å². The van der Waals surface area contributed by atoms with E-state index >= 15 is 0 Å². The van der Waals surface area contributed by atoms with Crippen molar-refractivity contribution < 1.29 is 22.7 Å². The number of nitrogens with one attached hydrogen (secondary N) is 1. The molecule has 0 bridgehead atoms. The summed E-state index contributed by atoms with van der Waals surface area (Å²) in [7, 11) is -3.79. The van der Waals surface area contributed by atoms with Gasteiger partial charge < -0.3 is 9.52 Å². The topological polar surface area (TPSA) is 96.6 Å². The van der Waals surface area contributed by atoms with E-state index < -0.39 is 16.0 Å². The molecule has 2 rings (SSSR count). The molecule has 1 aromatic rings. The van der Waals surface area contributed by atoms with Gasteiger partial charge in [0.05, 0.1) is 0 Å². The number of carboxylic acids is 1. The maximum absolute atomic E-state index is 12.1. The zero-order valence-corrected chi connectivity index (χ0v) is 12.1. The van der Waals surface area contributed by atoms with Crippen LogP contribution in [0, 0.1) is 5.92 Å². The second-order valence-corrected chi connectivity index (χ2v) is 7.00. The van der Waals surface area contributed by atoms with Crippen LogP contribution in [0.4, 0.5) is 0 Å². The summed E-state index contributed by atoms with van der Waals surface area (Å²) in [4.78, 5) is 10.7. The first-order chi connectivity index (χ1) is 9.38. The predicted molar refractivity (Wildman–Crippen MR) is 72.0 cm³/mol. The third kappa shape index (κ3) is 3.61. The van der Waals surface area contributed by atoms with Crippen LogP contribution < -0.4 is 4.72 Å². The van der Waals surface area contributed by atoms with Crippen molar-refractivity contribution in [2.45, 2.75) is 50.2 Å². The number of hydrogen-bond acceptors (Lipinski definition) is 4. The number of carboxylic acid groups (broad SMARTS) is 1. The summed E-state index contributed by atoms with van der Waals surface area (Å²) in [6.45, 7) is 2.17. The fraction of sp³-hybridized carbons (Fsp3) is 0.615. The summed E-state index contributed by atoms with van der Waals surface area (Å²) in [5.41, 5.74) is 0. The van der Waals surface area contributed by atoms with Crippen molar-refractivity contribution in [2.24, 2.45) is 5.92 Å². The van der Waals surface area contributed by atoms with Crippen molar-refractivity contribution in [3.8, 4) is 0 Å². The molecule has 0 saturated heterocycles. The van der Waals surface area contributed by atoms with Crippen molar-refractivity contribution in [2.75, 3.05) is 0 Å².